The number of fused-ring (bicyclic) bond motifs is 1. The van der Waals surface area contributed by atoms with Crippen molar-refractivity contribution in [3.8, 4) is 0 Å². The summed E-state index contributed by atoms with van der Waals surface area (Å²) in [5, 5.41) is 10.6. The molecule has 4 nitrogen and oxygen atoms in total. The number of benzene rings is 1. The van der Waals surface area contributed by atoms with Gasteiger partial charge >= 0.3 is 0 Å². The fourth-order valence-corrected chi connectivity index (χ4v) is 5.35. The van der Waals surface area contributed by atoms with E-state index in [1.165, 1.54) is 11.8 Å². The second-order valence-electron chi connectivity index (χ2n) is 4.66. The Bertz CT molecular complexity index is 932. The summed E-state index contributed by atoms with van der Waals surface area (Å²) in [5.41, 5.74) is 0.530. The second kappa shape index (κ2) is 7.81. The third-order valence-electron chi connectivity index (χ3n) is 3.03. The van der Waals surface area contributed by atoms with Gasteiger partial charge in [-0.15, -0.1) is 10.2 Å². The maximum absolute atomic E-state index is 12.4. The Morgan fingerprint density at radius 3 is 2.62 bits per heavy atom. The highest BCUT2D eigenvalue weighted by Gasteiger charge is 2.13. The van der Waals surface area contributed by atoms with E-state index in [-0.39, 0.29) is 0 Å². The lowest BCUT2D eigenvalue weighted by Gasteiger charge is -2.05. The van der Waals surface area contributed by atoms with Gasteiger partial charge in [-0.05, 0) is 24.3 Å². The van der Waals surface area contributed by atoms with Crippen LogP contribution in [0.15, 0.2) is 40.5 Å². The molecule has 0 unspecified atom stereocenters. The highest BCUT2D eigenvalue weighted by Crippen LogP contribution is 2.27. The molecule has 0 aliphatic carbocycles. The van der Waals surface area contributed by atoms with Crippen LogP contribution in [-0.2, 0) is 10.8 Å². The minimum Gasteiger partial charge on any atom is -0.275 e. The number of thioether (sulfide) groups is 1. The summed E-state index contributed by atoms with van der Waals surface area (Å²) in [4.78, 5) is 0.530. The number of hydrogen-bond donors (Lipinski definition) is 0. The molecule has 2 aromatic heterocycles. The van der Waals surface area contributed by atoms with Crippen molar-refractivity contribution in [1.29, 1.82) is 0 Å². The molecule has 0 saturated carbocycles. The standard InChI is InChI=1S/C14H9Cl4N3OS2/c15-8-1-2-10(17)12(6-8)24(22)4-3-23-14-20-19-13-11(18)5-9(16)7-21(13)14/h1-2,5-7H,3-4H2/t24-/m1/s1. The highest BCUT2D eigenvalue weighted by molar-refractivity contribution is 8.00. The van der Waals surface area contributed by atoms with Crippen molar-refractivity contribution in [2.24, 2.45) is 0 Å². The summed E-state index contributed by atoms with van der Waals surface area (Å²) >= 11 is 25.5. The molecular weight excluding hydrogens is 432 g/mol. The van der Waals surface area contributed by atoms with Crippen LogP contribution in [0, 0.1) is 0 Å². The lowest BCUT2D eigenvalue weighted by molar-refractivity contribution is 0.684. The molecule has 0 saturated heterocycles. The highest BCUT2D eigenvalue weighted by atomic mass is 35.5. The van der Waals surface area contributed by atoms with Crippen molar-refractivity contribution in [3.05, 3.63) is 50.6 Å². The van der Waals surface area contributed by atoms with E-state index in [4.69, 9.17) is 46.4 Å². The van der Waals surface area contributed by atoms with Gasteiger partial charge < -0.3 is 0 Å². The fraction of sp³-hybridized carbons (Fsp3) is 0.143. The molecule has 1 atom stereocenters. The summed E-state index contributed by atoms with van der Waals surface area (Å²) in [6.07, 6.45) is 1.69. The van der Waals surface area contributed by atoms with Gasteiger partial charge in [0.05, 0.1) is 30.8 Å². The first-order chi connectivity index (χ1) is 11.5. The Labute approximate surface area is 164 Å². The zero-order valence-corrected chi connectivity index (χ0v) is 16.5. The largest absolute Gasteiger partial charge is 0.275 e. The second-order valence-corrected chi connectivity index (χ2v) is 8.94. The van der Waals surface area contributed by atoms with Crippen molar-refractivity contribution in [1.82, 2.24) is 14.6 Å². The Hall–Kier alpha value is -0.500. The number of halogens is 4. The Kier molecular flexibility index (Phi) is 5.95. The van der Waals surface area contributed by atoms with Gasteiger partial charge in [-0.2, -0.15) is 0 Å². The van der Waals surface area contributed by atoms with Gasteiger partial charge in [-0.3, -0.25) is 8.61 Å². The molecule has 0 aliphatic heterocycles. The minimum absolute atomic E-state index is 0.397. The van der Waals surface area contributed by atoms with Crippen LogP contribution in [0.4, 0.5) is 0 Å². The molecule has 24 heavy (non-hydrogen) atoms. The predicted molar refractivity (Wildman–Crippen MR) is 101 cm³/mol. The van der Waals surface area contributed by atoms with Crippen LogP contribution in [0.2, 0.25) is 20.1 Å². The third kappa shape index (κ3) is 4.00. The quantitative estimate of drug-likeness (QED) is 0.508. The van der Waals surface area contributed by atoms with Gasteiger partial charge in [0.15, 0.2) is 10.8 Å². The first-order valence-electron chi connectivity index (χ1n) is 6.61. The number of hydrogen-bond acceptors (Lipinski definition) is 4. The average molecular weight is 441 g/mol. The molecule has 2 heterocycles. The molecular formula is C14H9Cl4N3OS2. The van der Waals surface area contributed by atoms with Crippen molar-refractivity contribution < 1.29 is 4.21 Å². The summed E-state index contributed by atoms with van der Waals surface area (Å²) in [5.74, 6) is 0.953. The van der Waals surface area contributed by atoms with Gasteiger partial charge in [0.1, 0.15) is 0 Å². The van der Waals surface area contributed by atoms with Gasteiger partial charge in [0.25, 0.3) is 0 Å². The van der Waals surface area contributed by atoms with E-state index < -0.39 is 10.8 Å². The lowest BCUT2D eigenvalue weighted by Crippen LogP contribution is -2.02. The first kappa shape index (κ1) is 18.3. The zero-order valence-electron chi connectivity index (χ0n) is 11.9. The van der Waals surface area contributed by atoms with Crippen LogP contribution < -0.4 is 0 Å². The monoisotopic (exact) mass is 439 g/mol. The molecule has 0 N–H and O–H groups in total. The van der Waals surface area contributed by atoms with E-state index >= 15 is 0 Å². The predicted octanol–water partition coefficient (Wildman–Crippen LogP) is 5.24. The number of aromatic nitrogens is 3. The van der Waals surface area contributed by atoms with E-state index in [1.807, 2.05) is 0 Å². The summed E-state index contributed by atoms with van der Waals surface area (Å²) < 4.78 is 14.1. The van der Waals surface area contributed by atoms with Gasteiger partial charge in [0.2, 0.25) is 0 Å². The van der Waals surface area contributed by atoms with Crippen LogP contribution in [0.25, 0.3) is 5.65 Å². The van der Waals surface area contributed by atoms with Crippen molar-refractivity contribution in [3.63, 3.8) is 0 Å². The topological polar surface area (TPSA) is 47.3 Å². The summed E-state index contributed by atoms with van der Waals surface area (Å²) in [7, 11) is -1.26. The lowest BCUT2D eigenvalue weighted by atomic mass is 10.4. The van der Waals surface area contributed by atoms with E-state index in [9.17, 15) is 4.21 Å². The summed E-state index contributed by atoms with van der Waals surface area (Å²) in [6, 6.07) is 6.53. The van der Waals surface area contributed by atoms with Gasteiger partial charge in [0, 0.05) is 22.7 Å². The molecule has 3 aromatic rings. The molecule has 3 rings (SSSR count). The molecule has 0 fully saturated rings. The first-order valence-corrected chi connectivity index (χ1v) is 10.4. The molecule has 0 aliphatic rings. The smallest absolute Gasteiger partial charge is 0.195 e. The van der Waals surface area contributed by atoms with Crippen molar-refractivity contribution >= 4 is 74.6 Å². The Balaban J connectivity index is 1.71. The van der Waals surface area contributed by atoms with Crippen LogP contribution >= 0.6 is 58.2 Å². The third-order valence-corrected chi connectivity index (χ3v) is 6.80. The average Bonchev–Trinajstić information content (AvgIpc) is 2.93. The molecule has 0 spiro atoms. The van der Waals surface area contributed by atoms with Gasteiger partial charge in [-0.1, -0.05) is 58.2 Å². The van der Waals surface area contributed by atoms with Crippen LogP contribution in [0.5, 0.6) is 0 Å². The SMILES string of the molecule is O=[S@](CCSc1nnc2c(Cl)cc(Cl)cn12)c1cc(Cl)ccc1Cl. The van der Waals surface area contributed by atoms with E-state index in [0.717, 1.165) is 0 Å². The molecule has 0 radical (unpaired) electrons. The number of rotatable bonds is 5. The van der Waals surface area contributed by atoms with E-state index in [1.54, 1.807) is 34.9 Å². The van der Waals surface area contributed by atoms with E-state index in [0.29, 0.717) is 47.3 Å². The van der Waals surface area contributed by atoms with Crippen LogP contribution in [-0.4, -0.2) is 30.3 Å². The van der Waals surface area contributed by atoms with Crippen LogP contribution in [0.1, 0.15) is 0 Å². The molecule has 0 bridgehead atoms. The number of nitrogens with zero attached hydrogens (tertiary/aromatic N) is 3. The number of pyridine rings is 1. The maximum atomic E-state index is 12.4. The van der Waals surface area contributed by atoms with Crippen molar-refractivity contribution in [2.75, 3.05) is 11.5 Å². The Morgan fingerprint density at radius 2 is 1.83 bits per heavy atom. The van der Waals surface area contributed by atoms with Crippen LogP contribution in [0.3, 0.4) is 0 Å². The minimum atomic E-state index is -1.26. The van der Waals surface area contributed by atoms with Gasteiger partial charge in [-0.25, -0.2) is 0 Å². The van der Waals surface area contributed by atoms with E-state index in [2.05, 4.69) is 10.2 Å². The zero-order chi connectivity index (χ0) is 17.3. The van der Waals surface area contributed by atoms with Crippen molar-refractivity contribution in [2.45, 2.75) is 10.1 Å². The Morgan fingerprint density at radius 1 is 1.04 bits per heavy atom. The molecule has 10 heteroatoms. The summed E-state index contributed by atoms with van der Waals surface area (Å²) in [6.45, 7) is 0. The molecule has 0 amide bonds. The maximum Gasteiger partial charge on any atom is 0.195 e. The molecule has 126 valence electrons. The normalized spacial score (nSPS) is 12.7. The fourth-order valence-electron chi connectivity index (χ4n) is 1.97. The molecule has 1 aromatic carbocycles.